The molecule has 3 aromatic rings. The van der Waals surface area contributed by atoms with Gasteiger partial charge in [-0.2, -0.15) is 13.2 Å². The number of carbonyl (C=O) groups excluding carboxylic acids is 2. The summed E-state index contributed by atoms with van der Waals surface area (Å²) < 4.78 is 59.4. The minimum atomic E-state index is -4.68. The number of benzene rings is 2. The van der Waals surface area contributed by atoms with Gasteiger partial charge in [-0.1, -0.05) is 18.2 Å². The van der Waals surface area contributed by atoms with Gasteiger partial charge in [0, 0.05) is 43.9 Å². The Morgan fingerprint density at radius 2 is 1.80 bits per heavy atom. The van der Waals surface area contributed by atoms with Crippen LogP contribution in [0.1, 0.15) is 28.9 Å². The molecule has 35 heavy (non-hydrogen) atoms. The highest BCUT2D eigenvalue weighted by Crippen LogP contribution is 2.33. The quantitative estimate of drug-likeness (QED) is 0.533. The lowest BCUT2D eigenvalue weighted by atomic mass is 10.1. The van der Waals surface area contributed by atoms with Crippen LogP contribution in [-0.2, 0) is 11.0 Å². The number of para-hydroxylation sites is 1. The Hall–Kier alpha value is -3.89. The predicted molar refractivity (Wildman–Crippen MR) is 118 cm³/mol. The Bertz CT molecular complexity index is 1190. The maximum atomic E-state index is 13.6. The summed E-state index contributed by atoms with van der Waals surface area (Å²) in [5, 5.41) is 2.55. The summed E-state index contributed by atoms with van der Waals surface area (Å²) in [4.78, 5) is 30.5. The van der Waals surface area contributed by atoms with Gasteiger partial charge in [0.05, 0.1) is 12.1 Å². The molecule has 0 aliphatic carbocycles. The zero-order chi connectivity index (χ0) is 25.0. The van der Waals surface area contributed by atoms with Gasteiger partial charge in [-0.3, -0.25) is 9.59 Å². The summed E-state index contributed by atoms with van der Waals surface area (Å²) in [7, 11) is 0. The molecular formula is C24H22F4N4O3. The van der Waals surface area contributed by atoms with Crippen molar-refractivity contribution in [3.8, 4) is 11.4 Å². The van der Waals surface area contributed by atoms with Crippen LogP contribution in [0.4, 0.5) is 17.6 Å². The fraction of sp³-hybridized carbons (Fsp3) is 0.292. The summed E-state index contributed by atoms with van der Waals surface area (Å²) >= 11 is 0. The third kappa shape index (κ3) is 6.17. The number of piperidine rings is 1. The van der Waals surface area contributed by atoms with Gasteiger partial charge in [0.15, 0.2) is 0 Å². The van der Waals surface area contributed by atoms with Crippen molar-refractivity contribution in [3.63, 3.8) is 0 Å². The average Bonchev–Trinajstić information content (AvgIpc) is 3.33. The van der Waals surface area contributed by atoms with Gasteiger partial charge in [-0.05, 0) is 24.3 Å². The maximum Gasteiger partial charge on any atom is 0.416 e. The second kappa shape index (κ2) is 10.2. The zero-order valence-electron chi connectivity index (χ0n) is 18.5. The second-order valence-electron chi connectivity index (χ2n) is 8.06. The lowest BCUT2D eigenvalue weighted by molar-refractivity contribution is -0.138. The normalized spacial score (nSPS) is 14.6. The molecule has 2 aromatic carbocycles. The van der Waals surface area contributed by atoms with Gasteiger partial charge in [-0.25, -0.2) is 9.37 Å². The van der Waals surface area contributed by atoms with Crippen molar-refractivity contribution in [3.05, 3.63) is 78.1 Å². The smallest absolute Gasteiger partial charge is 0.416 e. The van der Waals surface area contributed by atoms with Crippen LogP contribution in [0.15, 0.2) is 61.1 Å². The number of alkyl halides is 3. The van der Waals surface area contributed by atoms with Gasteiger partial charge in [-0.15, -0.1) is 0 Å². The molecule has 11 heteroatoms. The molecule has 1 aromatic heterocycles. The van der Waals surface area contributed by atoms with E-state index in [0.717, 1.165) is 17.8 Å². The van der Waals surface area contributed by atoms with E-state index < -0.39 is 29.6 Å². The molecule has 1 aliphatic heterocycles. The first kappa shape index (κ1) is 24.2. The number of rotatable bonds is 6. The first-order valence-electron chi connectivity index (χ1n) is 10.9. The van der Waals surface area contributed by atoms with Crippen molar-refractivity contribution in [2.24, 2.45) is 0 Å². The Morgan fingerprint density at radius 3 is 2.49 bits per heavy atom. The number of hydrogen-bond acceptors (Lipinski definition) is 4. The Labute approximate surface area is 198 Å². The van der Waals surface area contributed by atoms with E-state index in [4.69, 9.17) is 4.74 Å². The van der Waals surface area contributed by atoms with Gasteiger partial charge < -0.3 is 19.5 Å². The molecule has 4 rings (SSSR count). The number of nitrogens with zero attached hydrogens (tertiary/aromatic N) is 3. The Kier molecular flexibility index (Phi) is 7.04. The van der Waals surface area contributed by atoms with Gasteiger partial charge in [0.25, 0.3) is 5.91 Å². The molecule has 0 atom stereocenters. The van der Waals surface area contributed by atoms with Crippen molar-refractivity contribution < 1.29 is 31.9 Å². The first-order valence-corrected chi connectivity index (χ1v) is 10.9. The predicted octanol–water partition coefficient (Wildman–Crippen LogP) is 3.83. The van der Waals surface area contributed by atoms with E-state index in [-0.39, 0.29) is 23.9 Å². The summed E-state index contributed by atoms with van der Waals surface area (Å²) in [5.41, 5.74) is -0.111. The van der Waals surface area contributed by atoms with E-state index in [1.54, 1.807) is 10.8 Å². The van der Waals surface area contributed by atoms with Crippen LogP contribution in [0, 0.1) is 5.82 Å². The number of halogens is 4. The second-order valence-corrected chi connectivity index (χ2v) is 8.06. The molecule has 0 unspecified atom stereocenters. The molecule has 2 heterocycles. The number of hydrogen-bond donors (Lipinski definition) is 1. The number of likely N-dealkylation sites (tertiary alicyclic amines) is 1. The Balaban J connectivity index is 1.25. The third-order valence-corrected chi connectivity index (χ3v) is 5.57. The highest BCUT2D eigenvalue weighted by molar-refractivity contribution is 5.94. The van der Waals surface area contributed by atoms with E-state index in [1.807, 2.05) is 30.3 Å². The number of carbonyl (C=O) groups is 2. The highest BCUT2D eigenvalue weighted by Gasteiger charge is 2.32. The van der Waals surface area contributed by atoms with E-state index in [0.29, 0.717) is 32.0 Å². The molecular weight excluding hydrogens is 468 g/mol. The molecule has 2 amide bonds. The lowest BCUT2D eigenvalue weighted by Gasteiger charge is -2.32. The molecule has 1 saturated heterocycles. The van der Waals surface area contributed by atoms with Crippen LogP contribution in [-0.4, -0.2) is 52.0 Å². The minimum Gasteiger partial charge on any atom is -0.490 e. The van der Waals surface area contributed by atoms with Crippen LogP contribution in [0.5, 0.6) is 5.75 Å². The SMILES string of the molecule is O=C(NCC(=O)N1CCC(Oc2cc(F)cc(C(F)(F)F)c2)CC1)c1cn(-c2ccccc2)cn1. The molecule has 1 aliphatic rings. The van der Waals surface area contributed by atoms with Crippen LogP contribution in [0.3, 0.4) is 0 Å². The highest BCUT2D eigenvalue weighted by atomic mass is 19.4. The number of aromatic nitrogens is 2. The molecule has 184 valence electrons. The van der Waals surface area contributed by atoms with E-state index in [9.17, 15) is 27.2 Å². The fourth-order valence-electron chi connectivity index (χ4n) is 3.75. The van der Waals surface area contributed by atoms with Crippen LogP contribution in [0.2, 0.25) is 0 Å². The topological polar surface area (TPSA) is 76.5 Å². The summed E-state index contributed by atoms with van der Waals surface area (Å²) in [5.74, 6) is -2.03. The standard InChI is InChI=1S/C24H22F4N4O3/c25-17-10-16(24(26,27)28)11-20(12-17)35-19-6-8-31(9-7-19)22(33)13-29-23(34)21-14-32(15-30-21)18-4-2-1-3-5-18/h1-5,10-12,14-15,19H,6-9,13H2,(H,29,34). The summed E-state index contributed by atoms with van der Waals surface area (Å²) in [6.07, 6.45) is -1.35. The van der Waals surface area contributed by atoms with Crippen molar-refractivity contribution in [2.45, 2.75) is 25.1 Å². The fourth-order valence-corrected chi connectivity index (χ4v) is 3.75. The zero-order valence-corrected chi connectivity index (χ0v) is 18.5. The number of nitrogens with one attached hydrogen (secondary N) is 1. The largest absolute Gasteiger partial charge is 0.490 e. The molecule has 1 fully saturated rings. The molecule has 0 bridgehead atoms. The summed E-state index contributed by atoms with van der Waals surface area (Å²) in [6, 6.07) is 11.4. The number of amides is 2. The van der Waals surface area contributed by atoms with E-state index in [1.165, 1.54) is 11.2 Å². The third-order valence-electron chi connectivity index (χ3n) is 5.57. The lowest BCUT2D eigenvalue weighted by Crippen LogP contribution is -2.46. The molecule has 0 radical (unpaired) electrons. The maximum absolute atomic E-state index is 13.6. The molecule has 1 N–H and O–H groups in total. The van der Waals surface area contributed by atoms with Gasteiger partial charge >= 0.3 is 6.18 Å². The monoisotopic (exact) mass is 490 g/mol. The summed E-state index contributed by atoms with van der Waals surface area (Å²) in [6.45, 7) is 0.369. The van der Waals surface area contributed by atoms with Crippen LogP contribution >= 0.6 is 0 Å². The van der Waals surface area contributed by atoms with Crippen molar-refractivity contribution in [2.75, 3.05) is 19.6 Å². The van der Waals surface area contributed by atoms with Gasteiger partial charge in [0.1, 0.15) is 29.7 Å². The van der Waals surface area contributed by atoms with Gasteiger partial charge in [0.2, 0.25) is 5.91 Å². The van der Waals surface area contributed by atoms with E-state index in [2.05, 4.69) is 10.3 Å². The van der Waals surface area contributed by atoms with E-state index >= 15 is 0 Å². The molecule has 0 spiro atoms. The first-order chi connectivity index (χ1) is 16.7. The Morgan fingerprint density at radius 1 is 1.09 bits per heavy atom. The van der Waals surface area contributed by atoms with Crippen molar-refractivity contribution in [1.82, 2.24) is 19.8 Å². The average molecular weight is 490 g/mol. The minimum absolute atomic E-state index is 0.169. The number of imidazole rings is 1. The van der Waals surface area contributed by atoms with Crippen molar-refractivity contribution in [1.29, 1.82) is 0 Å². The van der Waals surface area contributed by atoms with Crippen LogP contribution < -0.4 is 10.1 Å². The molecule has 7 nitrogen and oxygen atoms in total. The number of ether oxygens (including phenoxy) is 1. The van der Waals surface area contributed by atoms with Crippen molar-refractivity contribution >= 4 is 11.8 Å². The van der Waals surface area contributed by atoms with Crippen LogP contribution in [0.25, 0.3) is 5.69 Å². The molecule has 0 saturated carbocycles.